The molecule has 39 heavy (non-hydrogen) atoms. The highest BCUT2D eigenvalue weighted by Gasteiger charge is 2.72. The number of hydrogen-bond acceptors (Lipinski definition) is 5. The molecule has 1 N–H and O–H groups in total. The van der Waals surface area contributed by atoms with Crippen LogP contribution in [0.25, 0.3) is 0 Å². The second-order valence-corrected chi connectivity index (χ2v) is 15.7. The first kappa shape index (κ1) is 29.6. The highest BCUT2D eigenvalue weighted by atomic mass is 16.7. The third-order valence-electron chi connectivity index (χ3n) is 14.2. The van der Waals surface area contributed by atoms with Gasteiger partial charge in [0, 0.05) is 7.11 Å². The minimum Gasteiger partial charge on any atom is -0.438 e. The number of carbonyl (C=O) groups excluding carboxylic acids is 1. The summed E-state index contributed by atoms with van der Waals surface area (Å²) in [5, 5.41) is 11.0. The molecule has 0 saturated heterocycles. The van der Waals surface area contributed by atoms with Crippen molar-refractivity contribution in [2.45, 2.75) is 112 Å². The molecule has 0 heterocycles. The molecule has 0 aromatic rings. The summed E-state index contributed by atoms with van der Waals surface area (Å²) in [6.07, 6.45) is 10.7. The van der Waals surface area contributed by atoms with Crippen molar-refractivity contribution in [3.63, 3.8) is 0 Å². The van der Waals surface area contributed by atoms with Crippen LogP contribution < -0.4 is 0 Å². The smallest absolute Gasteiger partial charge is 0.314 e. The summed E-state index contributed by atoms with van der Waals surface area (Å²) in [6.45, 7) is 20.0. The van der Waals surface area contributed by atoms with Gasteiger partial charge in [0.15, 0.2) is 6.79 Å². The molecule has 5 heteroatoms. The molecule has 0 aliphatic heterocycles. The Morgan fingerprint density at radius 3 is 2.31 bits per heavy atom. The maximum absolute atomic E-state index is 13.9. The third-order valence-corrected chi connectivity index (χ3v) is 14.2. The Bertz CT molecular complexity index is 959. The lowest BCUT2D eigenvalue weighted by Gasteiger charge is -2.72. The van der Waals surface area contributed by atoms with Crippen molar-refractivity contribution < 1.29 is 24.1 Å². The molecule has 5 saturated carbocycles. The largest absolute Gasteiger partial charge is 0.438 e. The van der Waals surface area contributed by atoms with Crippen molar-refractivity contribution in [3.8, 4) is 0 Å². The molecular formula is C34H56O5. The normalized spacial score (nSPS) is 48.3. The molecule has 0 spiro atoms. The van der Waals surface area contributed by atoms with E-state index in [1.54, 1.807) is 7.11 Å². The van der Waals surface area contributed by atoms with Crippen LogP contribution in [-0.4, -0.2) is 44.3 Å². The van der Waals surface area contributed by atoms with Crippen LogP contribution >= 0.6 is 0 Å². The number of allylic oxidation sites excluding steroid dienone is 1. The van der Waals surface area contributed by atoms with Gasteiger partial charge in [-0.25, -0.2) is 0 Å². The van der Waals surface area contributed by atoms with Gasteiger partial charge in [-0.15, -0.1) is 0 Å². The Labute approximate surface area is 237 Å². The van der Waals surface area contributed by atoms with Crippen molar-refractivity contribution in [1.82, 2.24) is 0 Å². The van der Waals surface area contributed by atoms with Crippen LogP contribution in [0, 0.1) is 56.7 Å². The lowest BCUT2D eigenvalue weighted by atomic mass is 9.32. The minimum absolute atomic E-state index is 0.0114. The van der Waals surface area contributed by atoms with E-state index in [9.17, 15) is 9.90 Å². The summed E-state index contributed by atoms with van der Waals surface area (Å²) in [6, 6.07) is 0. The lowest BCUT2D eigenvalue weighted by molar-refractivity contribution is -0.249. The summed E-state index contributed by atoms with van der Waals surface area (Å²) < 4.78 is 16.5. The summed E-state index contributed by atoms with van der Waals surface area (Å²) >= 11 is 0. The Morgan fingerprint density at radius 1 is 0.872 bits per heavy atom. The van der Waals surface area contributed by atoms with Crippen molar-refractivity contribution in [3.05, 3.63) is 12.2 Å². The van der Waals surface area contributed by atoms with Gasteiger partial charge >= 0.3 is 5.97 Å². The molecular weight excluding hydrogens is 488 g/mol. The third kappa shape index (κ3) is 4.14. The van der Waals surface area contributed by atoms with E-state index in [0.29, 0.717) is 42.8 Å². The van der Waals surface area contributed by atoms with Crippen LogP contribution in [0.15, 0.2) is 12.2 Å². The standard InChI is InChI=1S/C34H56O5/c1-22(2)23-11-16-34(29(36)39-21-38-20-19-37-8)18-17-32(6)24(28(23)34)9-10-26-31(5)14-13-27(35)30(3,4)25(31)12-15-33(26,32)7/h23-28,35H,1,9-21H2,2-8H3/t23-,24+,25-,26+,27-,28+,31-,32+,33+,34-/m0/s1. The maximum Gasteiger partial charge on any atom is 0.314 e. The first-order valence-corrected chi connectivity index (χ1v) is 15.9. The lowest BCUT2D eigenvalue weighted by Crippen LogP contribution is -2.67. The van der Waals surface area contributed by atoms with E-state index in [2.05, 4.69) is 48.1 Å². The van der Waals surface area contributed by atoms with E-state index in [4.69, 9.17) is 14.2 Å². The molecule has 0 amide bonds. The van der Waals surface area contributed by atoms with Gasteiger partial charge in [-0.1, -0.05) is 46.8 Å². The van der Waals surface area contributed by atoms with Gasteiger partial charge in [0.25, 0.3) is 0 Å². The average Bonchev–Trinajstić information content (AvgIpc) is 3.28. The van der Waals surface area contributed by atoms with Crippen LogP contribution in [0.4, 0.5) is 0 Å². The van der Waals surface area contributed by atoms with Crippen LogP contribution in [0.2, 0.25) is 0 Å². The SMILES string of the molecule is C=C(C)[C@@H]1CC[C@]2(C(=O)OCOCCOC)CC[C@]3(C)[C@H](CC[C@@H]4[C@@]5(C)CC[C@H](O)C(C)(C)[C@@H]5CC[C@]43C)[C@@H]12. The van der Waals surface area contributed by atoms with E-state index in [0.717, 1.165) is 38.5 Å². The van der Waals surface area contributed by atoms with Gasteiger partial charge < -0.3 is 19.3 Å². The van der Waals surface area contributed by atoms with Crippen LogP contribution in [0.1, 0.15) is 106 Å². The fourth-order valence-electron chi connectivity index (χ4n) is 11.9. The van der Waals surface area contributed by atoms with Crippen LogP contribution in [0.3, 0.4) is 0 Å². The molecule has 222 valence electrons. The molecule has 5 rings (SSSR count). The molecule has 10 atom stereocenters. The molecule has 0 aromatic carbocycles. The number of aliphatic hydroxyl groups is 1. The quantitative estimate of drug-likeness (QED) is 0.159. The fourth-order valence-corrected chi connectivity index (χ4v) is 11.9. The molecule has 5 nitrogen and oxygen atoms in total. The van der Waals surface area contributed by atoms with Gasteiger partial charge in [-0.3, -0.25) is 4.79 Å². The van der Waals surface area contributed by atoms with E-state index >= 15 is 0 Å². The van der Waals surface area contributed by atoms with Crippen molar-refractivity contribution in [2.75, 3.05) is 27.1 Å². The van der Waals surface area contributed by atoms with Crippen LogP contribution in [0.5, 0.6) is 0 Å². The van der Waals surface area contributed by atoms with Gasteiger partial charge in [0.05, 0.1) is 24.7 Å². The zero-order chi connectivity index (χ0) is 28.4. The number of hydrogen-bond donors (Lipinski definition) is 1. The Morgan fingerprint density at radius 2 is 1.62 bits per heavy atom. The number of methoxy groups -OCH3 is 1. The van der Waals surface area contributed by atoms with E-state index in [1.807, 2.05) is 0 Å². The summed E-state index contributed by atoms with van der Waals surface area (Å²) in [5.41, 5.74) is 1.48. The monoisotopic (exact) mass is 544 g/mol. The molecule has 5 aliphatic rings. The number of fused-ring (bicyclic) bond motifs is 7. The summed E-state index contributed by atoms with van der Waals surface area (Å²) in [4.78, 5) is 13.9. The zero-order valence-electron chi connectivity index (χ0n) is 25.9. The fraction of sp³-hybridized carbons (Fsp3) is 0.912. The van der Waals surface area contributed by atoms with Gasteiger partial charge in [-0.05, 0) is 122 Å². The second-order valence-electron chi connectivity index (χ2n) is 15.7. The predicted molar refractivity (Wildman–Crippen MR) is 154 cm³/mol. The van der Waals surface area contributed by atoms with Gasteiger partial charge in [0.2, 0.25) is 0 Å². The predicted octanol–water partition coefficient (Wildman–Crippen LogP) is 7.17. The zero-order valence-corrected chi connectivity index (χ0v) is 25.9. The Kier molecular flexibility index (Phi) is 7.68. The average molecular weight is 545 g/mol. The van der Waals surface area contributed by atoms with Crippen molar-refractivity contribution in [2.24, 2.45) is 56.7 Å². The summed E-state index contributed by atoms with van der Waals surface area (Å²) in [7, 11) is 1.65. The summed E-state index contributed by atoms with van der Waals surface area (Å²) in [5.74, 6) is 2.37. The first-order chi connectivity index (χ1) is 18.3. The highest BCUT2D eigenvalue weighted by Crippen LogP contribution is 2.77. The number of ether oxygens (including phenoxy) is 3. The topological polar surface area (TPSA) is 65.0 Å². The number of aliphatic hydroxyl groups excluding tert-OH is 1. The molecule has 0 bridgehead atoms. The number of esters is 1. The first-order valence-electron chi connectivity index (χ1n) is 15.9. The number of carbonyl (C=O) groups is 1. The van der Waals surface area contributed by atoms with E-state index < -0.39 is 5.41 Å². The highest BCUT2D eigenvalue weighted by molar-refractivity contribution is 5.78. The molecule has 0 aromatic heterocycles. The number of rotatable bonds is 7. The van der Waals surface area contributed by atoms with E-state index in [1.165, 1.54) is 31.3 Å². The van der Waals surface area contributed by atoms with Crippen molar-refractivity contribution >= 4 is 5.97 Å². The molecule has 0 unspecified atom stereocenters. The maximum atomic E-state index is 13.9. The Hall–Kier alpha value is -0.910. The van der Waals surface area contributed by atoms with E-state index in [-0.39, 0.29) is 40.5 Å². The molecule has 0 radical (unpaired) electrons. The molecule has 5 aliphatic carbocycles. The second kappa shape index (κ2) is 10.1. The Balaban J connectivity index is 1.46. The van der Waals surface area contributed by atoms with Gasteiger partial charge in [0.1, 0.15) is 0 Å². The minimum atomic E-state index is -0.417. The molecule has 5 fully saturated rings. The van der Waals surface area contributed by atoms with Crippen LogP contribution in [-0.2, 0) is 19.0 Å². The van der Waals surface area contributed by atoms with Gasteiger partial charge in [-0.2, -0.15) is 0 Å². The van der Waals surface area contributed by atoms with Crippen molar-refractivity contribution in [1.29, 1.82) is 0 Å².